The summed E-state index contributed by atoms with van der Waals surface area (Å²) in [6.45, 7) is 0.576. The van der Waals surface area contributed by atoms with Gasteiger partial charge >= 0.3 is 0 Å². The molecule has 2 saturated heterocycles. The summed E-state index contributed by atoms with van der Waals surface area (Å²) in [7, 11) is -3.27. The SMILES string of the molecule is O=C(C1CCCC1)N1CC2(C1)C(c1nc(C3CCCC3)no1)CCS2(=O)=O. The summed E-state index contributed by atoms with van der Waals surface area (Å²) < 4.78 is 30.4. The number of sulfone groups is 1. The van der Waals surface area contributed by atoms with Crippen LogP contribution in [-0.2, 0) is 14.6 Å². The monoisotopic (exact) mass is 393 g/mol. The van der Waals surface area contributed by atoms with E-state index < -0.39 is 14.6 Å². The number of hydrogen-bond acceptors (Lipinski definition) is 6. The molecule has 0 aromatic carbocycles. The molecule has 4 aliphatic rings. The number of carbonyl (C=O) groups excluding carboxylic acids is 1. The van der Waals surface area contributed by atoms with Crippen LogP contribution in [0, 0.1) is 5.92 Å². The fraction of sp³-hybridized carbons (Fsp3) is 0.842. The van der Waals surface area contributed by atoms with Crippen LogP contribution < -0.4 is 0 Å². The fourth-order valence-corrected chi connectivity index (χ4v) is 7.96. The van der Waals surface area contributed by atoms with Gasteiger partial charge in [-0.05, 0) is 32.1 Å². The van der Waals surface area contributed by atoms with Crippen LogP contribution in [0.25, 0.3) is 0 Å². The van der Waals surface area contributed by atoms with Gasteiger partial charge in [0.2, 0.25) is 11.8 Å². The zero-order chi connectivity index (χ0) is 18.6. The van der Waals surface area contributed by atoms with Crippen LogP contribution in [0.4, 0.5) is 0 Å². The van der Waals surface area contributed by atoms with Crippen LogP contribution >= 0.6 is 0 Å². The minimum atomic E-state index is -3.27. The second-order valence-corrected chi connectivity index (χ2v) is 11.3. The summed E-state index contributed by atoms with van der Waals surface area (Å²) in [5.41, 5.74) is 0. The van der Waals surface area contributed by atoms with Crippen molar-refractivity contribution >= 4 is 15.7 Å². The maximum absolute atomic E-state index is 12.9. The Morgan fingerprint density at radius 3 is 2.41 bits per heavy atom. The number of hydrogen-bond donors (Lipinski definition) is 0. The van der Waals surface area contributed by atoms with Gasteiger partial charge in [-0.1, -0.05) is 30.8 Å². The minimum Gasteiger partial charge on any atom is -0.339 e. The first-order valence-corrected chi connectivity index (χ1v) is 12.0. The van der Waals surface area contributed by atoms with Crippen molar-refractivity contribution in [2.24, 2.45) is 5.92 Å². The molecule has 0 radical (unpaired) electrons. The van der Waals surface area contributed by atoms with Gasteiger partial charge in [0.1, 0.15) is 4.75 Å². The summed E-state index contributed by atoms with van der Waals surface area (Å²) in [5.74, 6) is 1.63. The Balaban J connectivity index is 1.36. The summed E-state index contributed by atoms with van der Waals surface area (Å²) in [6, 6.07) is 0. The van der Waals surface area contributed by atoms with Crippen LogP contribution in [-0.4, -0.2) is 53.0 Å². The summed E-state index contributed by atoms with van der Waals surface area (Å²) >= 11 is 0. The molecule has 4 fully saturated rings. The van der Waals surface area contributed by atoms with Crippen molar-refractivity contribution in [1.29, 1.82) is 0 Å². The predicted molar refractivity (Wildman–Crippen MR) is 97.9 cm³/mol. The van der Waals surface area contributed by atoms with Gasteiger partial charge in [0.15, 0.2) is 15.7 Å². The van der Waals surface area contributed by atoms with E-state index in [1.807, 2.05) is 0 Å². The largest absolute Gasteiger partial charge is 0.339 e. The maximum atomic E-state index is 12.9. The van der Waals surface area contributed by atoms with E-state index in [2.05, 4.69) is 10.1 Å². The van der Waals surface area contributed by atoms with Crippen molar-refractivity contribution in [1.82, 2.24) is 15.0 Å². The van der Waals surface area contributed by atoms with Crippen molar-refractivity contribution in [3.63, 3.8) is 0 Å². The van der Waals surface area contributed by atoms with Gasteiger partial charge in [-0.3, -0.25) is 4.79 Å². The van der Waals surface area contributed by atoms with E-state index in [-0.39, 0.29) is 36.6 Å². The van der Waals surface area contributed by atoms with Crippen LogP contribution in [0.15, 0.2) is 4.52 Å². The normalized spacial score (nSPS) is 30.2. The Hall–Kier alpha value is -1.44. The molecule has 8 heteroatoms. The van der Waals surface area contributed by atoms with Crippen molar-refractivity contribution in [2.45, 2.75) is 74.4 Å². The Labute approximate surface area is 159 Å². The van der Waals surface area contributed by atoms with E-state index in [1.165, 1.54) is 12.8 Å². The van der Waals surface area contributed by atoms with Crippen LogP contribution in [0.1, 0.15) is 81.3 Å². The molecule has 0 N–H and O–H groups in total. The number of rotatable bonds is 3. The maximum Gasteiger partial charge on any atom is 0.231 e. The summed E-state index contributed by atoms with van der Waals surface area (Å²) in [6.07, 6.45) is 9.13. The van der Waals surface area contributed by atoms with Crippen molar-refractivity contribution in [2.75, 3.05) is 18.8 Å². The van der Waals surface area contributed by atoms with Gasteiger partial charge in [-0.2, -0.15) is 4.98 Å². The van der Waals surface area contributed by atoms with Gasteiger partial charge in [-0.25, -0.2) is 8.42 Å². The number of amides is 1. The molecule has 1 amide bonds. The molecule has 2 saturated carbocycles. The Morgan fingerprint density at radius 1 is 1.04 bits per heavy atom. The molecule has 1 aromatic rings. The van der Waals surface area contributed by atoms with Crippen molar-refractivity contribution in [3.05, 3.63) is 11.7 Å². The molecule has 27 heavy (non-hydrogen) atoms. The Bertz CT molecular complexity index is 831. The lowest BCUT2D eigenvalue weighted by Gasteiger charge is -2.49. The average Bonchev–Trinajstić information content (AvgIpc) is 3.37. The highest BCUT2D eigenvalue weighted by Gasteiger charge is 2.64. The third-order valence-electron chi connectivity index (χ3n) is 7.34. The van der Waals surface area contributed by atoms with E-state index in [4.69, 9.17) is 4.52 Å². The van der Waals surface area contributed by atoms with Gasteiger partial charge < -0.3 is 9.42 Å². The number of nitrogens with zero attached hydrogens (tertiary/aromatic N) is 3. The van der Waals surface area contributed by atoms with E-state index in [1.54, 1.807) is 4.90 Å². The zero-order valence-electron chi connectivity index (χ0n) is 15.6. The summed E-state index contributed by atoms with van der Waals surface area (Å²) in [4.78, 5) is 19.0. The average molecular weight is 394 g/mol. The van der Waals surface area contributed by atoms with Gasteiger partial charge in [0.05, 0.1) is 11.7 Å². The van der Waals surface area contributed by atoms with Crippen molar-refractivity contribution in [3.8, 4) is 0 Å². The first-order valence-electron chi connectivity index (χ1n) is 10.3. The molecule has 1 unspecified atom stereocenters. The lowest BCUT2D eigenvalue weighted by atomic mass is 9.82. The Morgan fingerprint density at radius 2 is 1.70 bits per heavy atom. The van der Waals surface area contributed by atoms with E-state index in [9.17, 15) is 13.2 Å². The molecule has 2 aliphatic carbocycles. The van der Waals surface area contributed by atoms with Crippen LogP contribution in [0.2, 0.25) is 0 Å². The fourth-order valence-electron chi connectivity index (χ4n) is 5.65. The second kappa shape index (κ2) is 6.29. The van der Waals surface area contributed by atoms with Crippen LogP contribution in [0.5, 0.6) is 0 Å². The zero-order valence-corrected chi connectivity index (χ0v) is 16.4. The first-order chi connectivity index (χ1) is 13.0. The topological polar surface area (TPSA) is 93.4 Å². The molecule has 7 nitrogen and oxygen atoms in total. The highest BCUT2D eigenvalue weighted by Crippen LogP contribution is 2.50. The lowest BCUT2D eigenvalue weighted by molar-refractivity contribution is -0.141. The van der Waals surface area contributed by atoms with E-state index in [0.29, 0.717) is 18.2 Å². The van der Waals surface area contributed by atoms with Crippen molar-refractivity contribution < 1.29 is 17.7 Å². The highest BCUT2D eigenvalue weighted by atomic mass is 32.2. The molecule has 2 aliphatic heterocycles. The molecule has 5 rings (SSSR count). The minimum absolute atomic E-state index is 0.0854. The Kier molecular flexibility index (Phi) is 4.11. The number of likely N-dealkylation sites (tertiary alicyclic amines) is 1. The van der Waals surface area contributed by atoms with Gasteiger partial charge in [0, 0.05) is 24.9 Å². The standard InChI is InChI=1S/C19H27N3O4S/c23-18(14-7-3-4-8-14)22-11-19(12-22)15(9-10-27(19,24)25)17-20-16(21-26-17)13-5-1-2-6-13/h13-15H,1-12H2. The molecular weight excluding hydrogens is 366 g/mol. The molecule has 148 valence electrons. The quantitative estimate of drug-likeness (QED) is 0.783. The molecule has 1 aromatic heterocycles. The smallest absolute Gasteiger partial charge is 0.231 e. The van der Waals surface area contributed by atoms with Gasteiger partial charge in [-0.15, -0.1) is 0 Å². The molecule has 0 bridgehead atoms. The lowest BCUT2D eigenvalue weighted by Crippen LogP contribution is -2.68. The van der Waals surface area contributed by atoms with Crippen LogP contribution in [0.3, 0.4) is 0 Å². The second-order valence-electron chi connectivity index (χ2n) is 8.87. The molecule has 1 spiro atoms. The number of aromatic nitrogens is 2. The van der Waals surface area contributed by atoms with E-state index in [0.717, 1.165) is 44.3 Å². The highest BCUT2D eigenvalue weighted by molar-refractivity contribution is 7.93. The molecule has 1 atom stereocenters. The number of carbonyl (C=O) groups is 1. The van der Waals surface area contributed by atoms with E-state index >= 15 is 0 Å². The first kappa shape index (κ1) is 17.6. The molecule has 3 heterocycles. The molecular formula is C19H27N3O4S. The predicted octanol–water partition coefficient (Wildman–Crippen LogP) is 2.40. The third-order valence-corrected chi connectivity index (χ3v) is 9.89. The van der Waals surface area contributed by atoms with Gasteiger partial charge in [0.25, 0.3) is 0 Å². The third kappa shape index (κ3) is 2.66. The summed E-state index contributed by atoms with van der Waals surface area (Å²) in [5, 5.41) is 4.17.